The molecule has 0 bridgehead atoms. The van der Waals surface area contributed by atoms with Crippen molar-refractivity contribution in [3.05, 3.63) is 46.2 Å². The van der Waals surface area contributed by atoms with Crippen molar-refractivity contribution in [1.82, 2.24) is 0 Å². The first-order valence-corrected chi connectivity index (χ1v) is 7.54. The molecule has 2 aromatic rings. The summed E-state index contributed by atoms with van der Waals surface area (Å²) in [5, 5.41) is 3.55. The van der Waals surface area contributed by atoms with Gasteiger partial charge in [0.2, 0.25) is 0 Å². The van der Waals surface area contributed by atoms with Crippen LogP contribution < -0.4 is 10.2 Å². The molecule has 2 rings (SSSR count). The lowest BCUT2D eigenvalue weighted by molar-refractivity contribution is 0.908. The molecule has 0 aliphatic rings. The Morgan fingerprint density at radius 3 is 2.32 bits per heavy atom. The number of nitrogens with zero attached hydrogens (tertiary/aromatic N) is 1. The summed E-state index contributed by atoms with van der Waals surface area (Å²) in [6, 6.07) is 13.4. The fraction of sp³-hybridized carbons (Fsp3) is 0.375. The van der Waals surface area contributed by atoms with Gasteiger partial charge in [-0.3, -0.25) is 0 Å². The first-order valence-electron chi connectivity index (χ1n) is 6.72. The van der Waals surface area contributed by atoms with Crippen LogP contribution in [0.2, 0.25) is 0 Å². The second-order valence-corrected chi connectivity index (χ2v) is 6.16. The average Bonchev–Trinajstić information content (AvgIpc) is 2.88. The van der Waals surface area contributed by atoms with Crippen LogP contribution in [0.1, 0.15) is 29.6 Å². The van der Waals surface area contributed by atoms with Crippen molar-refractivity contribution in [2.45, 2.75) is 26.3 Å². The topological polar surface area (TPSA) is 15.3 Å². The van der Waals surface area contributed by atoms with E-state index in [1.54, 1.807) is 0 Å². The van der Waals surface area contributed by atoms with Gasteiger partial charge in [0.05, 0.1) is 6.04 Å². The highest BCUT2D eigenvalue weighted by Crippen LogP contribution is 2.27. The third-order valence-electron chi connectivity index (χ3n) is 3.22. The molecule has 0 aliphatic carbocycles. The van der Waals surface area contributed by atoms with E-state index in [0.29, 0.717) is 6.04 Å². The summed E-state index contributed by atoms with van der Waals surface area (Å²) in [5.74, 6) is 0. The fourth-order valence-corrected chi connectivity index (χ4v) is 2.95. The quantitative estimate of drug-likeness (QED) is 0.860. The van der Waals surface area contributed by atoms with E-state index in [-0.39, 0.29) is 0 Å². The van der Waals surface area contributed by atoms with Crippen molar-refractivity contribution in [3.63, 3.8) is 0 Å². The molecule has 1 unspecified atom stereocenters. The van der Waals surface area contributed by atoms with E-state index in [1.165, 1.54) is 21.1 Å². The Morgan fingerprint density at radius 2 is 1.79 bits per heavy atom. The van der Waals surface area contributed by atoms with Gasteiger partial charge in [-0.25, -0.2) is 0 Å². The van der Waals surface area contributed by atoms with Gasteiger partial charge in [0.1, 0.15) is 0 Å². The lowest BCUT2D eigenvalue weighted by Crippen LogP contribution is -2.09. The van der Waals surface area contributed by atoms with Crippen molar-refractivity contribution in [2.75, 3.05) is 24.3 Å². The summed E-state index contributed by atoms with van der Waals surface area (Å²) in [7, 11) is 4.12. The Hall–Kier alpha value is -1.48. The summed E-state index contributed by atoms with van der Waals surface area (Å²) in [6.07, 6.45) is 1.12. The number of aryl methyl sites for hydroxylation is 1. The molecule has 0 fully saturated rings. The first-order chi connectivity index (χ1) is 9.10. The number of nitrogens with one attached hydrogen (secondary N) is 1. The minimum atomic E-state index is 0.357. The number of anilines is 2. The van der Waals surface area contributed by atoms with Gasteiger partial charge in [-0.2, -0.15) is 0 Å². The normalized spacial score (nSPS) is 12.2. The molecule has 0 spiro atoms. The highest BCUT2D eigenvalue weighted by atomic mass is 32.1. The average molecular weight is 274 g/mol. The lowest BCUT2D eigenvalue weighted by Gasteiger charge is -2.16. The molecule has 1 atom stereocenters. The van der Waals surface area contributed by atoms with Gasteiger partial charge in [-0.05, 0) is 49.7 Å². The summed E-state index contributed by atoms with van der Waals surface area (Å²) in [5.41, 5.74) is 2.40. The van der Waals surface area contributed by atoms with Crippen LogP contribution >= 0.6 is 11.3 Å². The Labute approximate surface area is 120 Å². The van der Waals surface area contributed by atoms with Crippen molar-refractivity contribution in [2.24, 2.45) is 0 Å². The van der Waals surface area contributed by atoms with Crippen LogP contribution in [0.5, 0.6) is 0 Å². The van der Waals surface area contributed by atoms with Crippen molar-refractivity contribution in [1.29, 1.82) is 0 Å². The van der Waals surface area contributed by atoms with Crippen molar-refractivity contribution in [3.8, 4) is 0 Å². The molecule has 19 heavy (non-hydrogen) atoms. The second-order valence-electron chi connectivity index (χ2n) is 4.96. The Morgan fingerprint density at radius 1 is 1.11 bits per heavy atom. The molecule has 2 nitrogen and oxygen atoms in total. The number of thiophene rings is 1. The van der Waals surface area contributed by atoms with E-state index >= 15 is 0 Å². The predicted octanol–water partition coefficient (Wildman–Crippen LogP) is 4.55. The predicted molar refractivity (Wildman–Crippen MR) is 86.5 cm³/mol. The van der Waals surface area contributed by atoms with Gasteiger partial charge in [0.15, 0.2) is 0 Å². The maximum atomic E-state index is 3.55. The molecular formula is C16H22N2S. The van der Waals surface area contributed by atoms with Crippen LogP contribution in [0.15, 0.2) is 36.4 Å². The zero-order valence-electron chi connectivity index (χ0n) is 12.1. The maximum absolute atomic E-state index is 3.55. The number of rotatable bonds is 5. The Balaban J connectivity index is 2.03. The third-order valence-corrected chi connectivity index (χ3v) is 4.64. The molecular weight excluding hydrogens is 252 g/mol. The molecule has 102 valence electrons. The molecule has 1 heterocycles. The van der Waals surface area contributed by atoms with E-state index in [1.807, 2.05) is 11.3 Å². The minimum absolute atomic E-state index is 0.357. The van der Waals surface area contributed by atoms with Crippen LogP contribution in [-0.4, -0.2) is 14.1 Å². The SMILES string of the molecule is CCc1ccc(C(C)Nc2ccc(N(C)C)cc2)s1. The number of hydrogen-bond donors (Lipinski definition) is 1. The van der Waals surface area contributed by atoms with Crippen LogP contribution in [-0.2, 0) is 6.42 Å². The van der Waals surface area contributed by atoms with E-state index < -0.39 is 0 Å². The minimum Gasteiger partial charge on any atom is -0.378 e. The van der Waals surface area contributed by atoms with Crippen molar-refractivity contribution >= 4 is 22.7 Å². The molecule has 1 aromatic carbocycles. The summed E-state index contributed by atoms with van der Waals surface area (Å²) < 4.78 is 0. The smallest absolute Gasteiger partial charge is 0.0578 e. The highest BCUT2D eigenvalue weighted by Gasteiger charge is 2.08. The lowest BCUT2D eigenvalue weighted by atomic mass is 10.2. The van der Waals surface area contributed by atoms with Gasteiger partial charge in [-0.15, -0.1) is 11.3 Å². The van der Waals surface area contributed by atoms with Crippen LogP contribution in [0.25, 0.3) is 0 Å². The molecule has 0 aliphatic heterocycles. The van der Waals surface area contributed by atoms with Gasteiger partial charge < -0.3 is 10.2 Å². The second kappa shape index (κ2) is 6.11. The largest absolute Gasteiger partial charge is 0.378 e. The molecule has 0 amide bonds. The van der Waals surface area contributed by atoms with Crippen LogP contribution in [0.4, 0.5) is 11.4 Å². The standard InChI is InChI=1S/C16H22N2S/c1-5-15-10-11-16(19-15)12(2)17-13-6-8-14(9-7-13)18(3)4/h6-12,17H,5H2,1-4H3. The van der Waals surface area contributed by atoms with E-state index in [2.05, 4.69) is 74.6 Å². The monoisotopic (exact) mass is 274 g/mol. The summed E-state index contributed by atoms with van der Waals surface area (Å²) in [4.78, 5) is 4.96. The van der Waals surface area contributed by atoms with Crippen LogP contribution in [0, 0.1) is 0 Å². The molecule has 0 saturated heterocycles. The molecule has 1 N–H and O–H groups in total. The van der Waals surface area contributed by atoms with Gasteiger partial charge in [-0.1, -0.05) is 6.92 Å². The molecule has 1 aromatic heterocycles. The maximum Gasteiger partial charge on any atom is 0.0578 e. The number of benzene rings is 1. The highest BCUT2D eigenvalue weighted by molar-refractivity contribution is 7.12. The number of hydrogen-bond acceptors (Lipinski definition) is 3. The van der Waals surface area contributed by atoms with Crippen LogP contribution in [0.3, 0.4) is 0 Å². The molecule has 0 saturated carbocycles. The van der Waals surface area contributed by atoms with Gasteiger partial charge in [0, 0.05) is 35.2 Å². The molecule has 0 radical (unpaired) electrons. The Bertz CT molecular complexity index is 514. The van der Waals surface area contributed by atoms with Crippen molar-refractivity contribution < 1.29 is 0 Å². The Kier molecular flexibility index (Phi) is 4.48. The third kappa shape index (κ3) is 3.51. The van der Waals surface area contributed by atoms with E-state index in [4.69, 9.17) is 0 Å². The fourth-order valence-electron chi connectivity index (χ4n) is 1.99. The van der Waals surface area contributed by atoms with E-state index in [0.717, 1.165) is 6.42 Å². The van der Waals surface area contributed by atoms with Gasteiger partial charge in [0.25, 0.3) is 0 Å². The zero-order chi connectivity index (χ0) is 13.8. The van der Waals surface area contributed by atoms with E-state index in [9.17, 15) is 0 Å². The van der Waals surface area contributed by atoms with Gasteiger partial charge >= 0.3 is 0 Å². The molecule has 3 heteroatoms. The zero-order valence-corrected chi connectivity index (χ0v) is 12.9. The summed E-state index contributed by atoms with van der Waals surface area (Å²) >= 11 is 1.90. The summed E-state index contributed by atoms with van der Waals surface area (Å²) in [6.45, 7) is 4.42. The first kappa shape index (κ1) is 13.9.